The molecule has 0 radical (unpaired) electrons. The Kier molecular flexibility index (Phi) is 8.42. The van der Waals surface area contributed by atoms with Crippen LogP contribution in [0.1, 0.15) is 24.5 Å². The van der Waals surface area contributed by atoms with E-state index in [1.807, 2.05) is 37.6 Å². The molecule has 1 saturated heterocycles. The largest absolute Gasteiger partial charge is 0.352 e. The lowest BCUT2D eigenvalue weighted by Gasteiger charge is -2.21. The number of pyridine rings is 1. The third kappa shape index (κ3) is 6.27. The molecule has 0 spiro atoms. The van der Waals surface area contributed by atoms with Gasteiger partial charge >= 0.3 is 0 Å². The van der Waals surface area contributed by atoms with Gasteiger partial charge < -0.3 is 10.6 Å². The minimum absolute atomic E-state index is 0. The van der Waals surface area contributed by atoms with E-state index in [0.29, 0.717) is 18.6 Å². The Hall–Kier alpha value is -2.46. The van der Waals surface area contributed by atoms with Crippen molar-refractivity contribution in [1.82, 2.24) is 30.3 Å². The van der Waals surface area contributed by atoms with Gasteiger partial charge in [-0.05, 0) is 42.7 Å². The lowest BCUT2D eigenvalue weighted by Crippen LogP contribution is -2.44. The molecule has 0 aliphatic carbocycles. The second-order valence-electron chi connectivity index (χ2n) is 7.74. The molecule has 3 heterocycles. The minimum atomic E-state index is 0. The first-order valence-corrected chi connectivity index (χ1v) is 10.4. The summed E-state index contributed by atoms with van der Waals surface area (Å²) in [5.41, 5.74) is 2.49. The van der Waals surface area contributed by atoms with Crippen LogP contribution in [0.2, 0.25) is 0 Å². The molecule has 2 unspecified atom stereocenters. The third-order valence-electron chi connectivity index (χ3n) is 5.51. The first-order chi connectivity index (χ1) is 14.7. The molecule has 7 nitrogen and oxygen atoms in total. The van der Waals surface area contributed by atoms with Gasteiger partial charge in [-0.25, -0.2) is 9.67 Å². The highest BCUT2D eigenvalue weighted by molar-refractivity contribution is 14.0. The van der Waals surface area contributed by atoms with Crippen molar-refractivity contribution in [1.29, 1.82) is 0 Å². The monoisotopic (exact) mass is 531 g/mol. The molecule has 8 heteroatoms. The summed E-state index contributed by atoms with van der Waals surface area (Å²) in [7, 11) is 1.82. The van der Waals surface area contributed by atoms with E-state index in [1.165, 1.54) is 5.56 Å². The number of aromatic nitrogens is 3. The molecule has 0 amide bonds. The van der Waals surface area contributed by atoms with Crippen LogP contribution >= 0.6 is 24.0 Å². The van der Waals surface area contributed by atoms with E-state index in [-0.39, 0.29) is 24.0 Å². The Morgan fingerprint density at radius 1 is 1.13 bits per heavy atom. The van der Waals surface area contributed by atoms with Crippen molar-refractivity contribution in [3.05, 3.63) is 78.2 Å². The van der Waals surface area contributed by atoms with Crippen LogP contribution in [0.15, 0.2) is 72.1 Å². The van der Waals surface area contributed by atoms with Gasteiger partial charge in [-0.2, -0.15) is 5.10 Å². The Balaban J connectivity index is 0.00000272. The number of nitrogens with zero attached hydrogens (tertiary/aromatic N) is 5. The van der Waals surface area contributed by atoms with Crippen molar-refractivity contribution in [3.63, 3.8) is 0 Å². The first kappa shape index (κ1) is 23.2. The minimum Gasteiger partial charge on any atom is -0.352 e. The molecule has 4 rings (SSSR count). The maximum Gasteiger partial charge on any atom is 0.191 e. The number of halogens is 1. The predicted octanol–water partition coefficient (Wildman–Crippen LogP) is 3.21. The number of hydrogen-bond donors (Lipinski definition) is 2. The lowest BCUT2D eigenvalue weighted by atomic mass is 10.2. The standard InChI is InChI=1S/C23H29N7.HI/c1-18-13-21(17-29(18)16-19-7-4-3-5-8-19)28-23(24-2)26-15-20-9-11-25-22(14-20)30-12-6-10-27-30;/h3-12,14,18,21H,13,15-17H2,1-2H3,(H2,24,26,28);1H. The summed E-state index contributed by atoms with van der Waals surface area (Å²) in [4.78, 5) is 11.3. The van der Waals surface area contributed by atoms with Gasteiger partial charge in [0, 0.05) is 57.4 Å². The van der Waals surface area contributed by atoms with Crippen LogP contribution in [-0.4, -0.2) is 51.3 Å². The van der Waals surface area contributed by atoms with Crippen LogP contribution in [0, 0.1) is 0 Å². The van der Waals surface area contributed by atoms with Crippen molar-refractivity contribution in [3.8, 4) is 5.82 Å². The van der Waals surface area contributed by atoms with E-state index in [0.717, 1.165) is 36.9 Å². The zero-order valence-electron chi connectivity index (χ0n) is 18.0. The Bertz CT molecular complexity index is 959. The summed E-state index contributed by atoms with van der Waals surface area (Å²) < 4.78 is 1.76. The zero-order valence-corrected chi connectivity index (χ0v) is 20.3. The van der Waals surface area contributed by atoms with Crippen molar-refractivity contribution in [2.24, 2.45) is 4.99 Å². The number of nitrogens with one attached hydrogen (secondary N) is 2. The molecule has 0 bridgehead atoms. The molecule has 1 aliphatic rings. The number of hydrogen-bond acceptors (Lipinski definition) is 4. The Morgan fingerprint density at radius 2 is 1.97 bits per heavy atom. The molecule has 3 aromatic rings. The quantitative estimate of drug-likeness (QED) is 0.291. The van der Waals surface area contributed by atoms with Crippen molar-refractivity contribution in [2.45, 2.75) is 38.5 Å². The fraction of sp³-hybridized carbons (Fsp3) is 0.348. The van der Waals surface area contributed by atoms with E-state index in [9.17, 15) is 0 Å². The fourth-order valence-electron chi connectivity index (χ4n) is 3.92. The second-order valence-corrected chi connectivity index (χ2v) is 7.74. The number of likely N-dealkylation sites (tertiary alicyclic amines) is 1. The molecule has 31 heavy (non-hydrogen) atoms. The molecule has 0 saturated carbocycles. The molecule has 2 N–H and O–H groups in total. The van der Waals surface area contributed by atoms with Gasteiger partial charge in [0.1, 0.15) is 0 Å². The SMILES string of the molecule is CN=C(NCc1ccnc(-n2cccn2)c1)NC1CC(C)N(Cc2ccccc2)C1.I. The molecule has 1 aliphatic heterocycles. The summed E-state index contributed by atoms with van der Waals surface area (Å²) in [5.74, 6) is 1.63. The molecule has 1 aromatic carbocycles. The highest BCUT2D eigenvalue weighted by atomic mass is 127. The topological polar surface area (TPSA) is 70.4 Å². The number of benzene rings is 1. The molecular formula is C23H30IN7. The van der Waals surface area contributed by atoms with Gasteiger partial charge in [-0.15, -0.1) is 24.0 Å². The van der Waals surface area contributed by atoms with Crippen LogP contribution < -0.4 is 10.6 Å². The summed E-state index contributed by atoms with van der Waals surface area (Å²) in [6.07, 6.45) is 6.56. The molecular weight excluding hydrogens is 501 g/mol. The van der Waals surface area contributed by atoms with E-state index in [2.05, 4.69) is 67.9 Å². The molecule has 2 aromatic heterocycles. The van der Waals surface area contributed by atoms with E-state index in [1.54, 1.807) is 10.9 Å². The molecule has 164 valence electrons. The summed E-state index contributed by atoms with van der Waals surface area (Å²) in [5, 5.41) is 11.3. The number of rotatable bonds is 6. The van der Waals surface area contributed by atoms with Crippen LogP contribution in [0.3, 0.4) is 0 Å². The maximum atomic E-state index is 4.42. The van der Waals surface area contributed by atoms with E-state index < -0.39 is 0 Å². The lowest BCUT2D eigenvalue weighted by molar-refractivity contribution is 0.258. The maximum absolute atomic E-state index is 4.42. The van der Waals surface area contributed by atoms with Crippen LogP contribution in [-0.2, 0) is 13.1 Å². The van der Waals surface area contributed by atoms with Crippen LogP contribution in [0.5, 0.6) is 0 Å². The van der Waals surface area contributed by atoms with E-state index >= 15 is 0 Å². The zero-order chi connectivity index (χ0) is 20.8. The summed E-state index contributed by atoms with van der Waals surface area (Å²) in [6, 6.07) is 17.5. The van der Waals surface area contributed by atoms with Crippen molar-refractivity contribution < 1.29 is 0 Å². The Morgan fingerprint density at radius 3 is 2.71 bits per heavy atom. The van der Waals surface area contributed by atoms with Crippen LogP contribution in [0.4, 0.5) is 0 Å². The predicted molar refractivity (Wildman–Crippen MR) is 135 cm³/mol. The van der Waals surface area contributed by atoms with Gasteiger partial charge in [0.15, 0.2) is 11.8 Å². The third-order valence-corrected chi connectivity index (χ3v) is 5.51. The normalized spacial score (nSPS) is 19.1. The van der Waals surface area contributed by atoms with Crippen molar-refractivity contribution >= 4 is 29.9 Å². The number of aliphatic imine (C=N–C) groups is 1. The van der Waals surface area contributed by atoms with Gasteiger partial charge in [-0.1, -0.05) is 30.3 Å². The van der Waals surface area contributed by atoms with Gasteiger partial charge in [0.25, 0.3) is 0 Å². The molecule has 1 fully saturated rings. The molecule has 2 atom stereocenters. The van der Waals surface area contributed by atoms with E-state index in [4.69, 9.17) is 0 Å². The second kappa shape index (κ2) is 11.2. The van der Waals surface area contributed by atoms with Crippen LogP contribution in [0.25, 0.3) is 5.82 Å². The average molecular weight is 531 g/mol. The fourth-order valence-corrected chi connectivity index (χ4v) is 3.92. The Labute approximate surface area is 201 Å². The smallest absolute Gasteiger partial charge is 0.191 e. The van der Waals surface area contributed by atoms with Gasteiger partial charge in [0.05, 0.1) is 0 Å². The highest BCUT2D eigenvalue weighted by Crippen LogP contribution is 2.20. The van der Waals surface area contributed by atoms with Crippen molar-refractivity contribution in [2.75, 3.05) is 13.6 Å². The first-order valence-electron chi connectivity index (χ1n) is 10.4. The highest BCUT2D eigenvalue weighted by Gasteiger charge is 2.29. The van der Waals surface area contributed by atoms with Gasteiger partial charge in [0.2, 0.25) is 0 Å². The average Bonchev–Trinajstić information content (AvgIpc) is 3.42. The number of guanidine groups is 1. The summed E-state index contributed by atoms with van der Waals surface area (Å²) in [6.45, 7) is 4.97. The van der Waals surface area contributed by atoms with Gasteiger partial charge in [-0.3, -0.25) is 9.89 Å². The summed E-state index contributed by atoms with van der Waals surface area (Å²) >= 11 is 0.